The molecule has 0 aromatic carbocycles. The van der Waals surface area contributed by atoms with Crippen molar-refractivity contribution >= 4 is 10.0 Å². The van der Waals surface area contributed by atoms with Crippen LogP contribution in [0.5, 0.6) is 0 Å². The van der Waals surface area contributed by atoms with E-state index >= 15 is 0 Å². The number of rotatable bonds is 0. The third-order valence-corrected chi connectivity index (χ3v) is 3.87. The third-order valence-electron chi connectivity index (χ3n) is 2.00. The summed E-state index contributed by atoms with van der Waals surface area (Å²) in [6.45, 7) is 0. The summed E-state index contributed by atoms with van der Waals surface area (Å²) in [6, 6.07) is 0.287. The van der Waals surface area contributed by atoms with Crippen LogP contribution < -0.4 is 0 Å². The summed E-state index contributed by atoms with van der Waals surface area (Å²) in [7, 11) is -2.84. The predicted molar refractivity (Wildman–Crippen MR) is 37.8 cm³/mol. The lowest BCUT2D eigenvalue weighted by Crippen LogP contribution is -2.54. The van der Waals surface area contributed by atoms with Crippen LogP contribution in [0.2, 0.25) is 0 Å². The van der Waals surface area contributed by atoms with Crippen molar-refractivity contribution < 1.29 is 8.42 Å². The van der Waals surface area contributed by atoms with Crippen LogP contribution in [0.15, 0.2) is 12.3 Å². The lowest BCUT2D eigenvalue weighted by Gasteiger charge is -2.41. The van der Waals surface area contributed by atoms with Gasteiger partial charge in [-0.3, -0.25) is 4.31 Å². The van der Waals surface area contributed by atoms with Crippen LogP contribution in [0.4, 0.5) is 0 Å². The van der Waals surface area contributed by atoms with Crippen LogP contribution in [0.25, 0.3) is 0 Å². The van der Waals surface area contributed by atoms with Crippen molar-refractivity contribution in [1.29, 1.82) is 0 Å². The monoisotopic (exact) mass is 159 g/mol. The van der Waals surface area contributed by atoms with E-state index in [0.717, 1.165) is 12.8 Å². The Balaban J connectivity index is 2.30. The topological polar surface area (TPSA) is 37.4 Å². The molecule has 1 atom stereocenters. The summed E-state index contributed by atoms with van der Waals surface area (Å²) < 4.78 is 23.3. The fourth-order valence-electron chi connectivity index (χ4n) is 1.44. The summed E-state index contributed by atoms with van der Waals surface area (Å²) in [5.41, 5.74) is 0. The average molecular weight is 159 g/mol. The van der Waals surface area contributed by atoms with Crippen LogP contribution in [-0.4, -0.2) is 24.5 Å². The van der Waals surface area contributed by atoms with E-state index in [0.29, 0.717) is 5.75 Å². The van der Waals surface area contributed by atoms with E-state index in [1.54, 1.807) is 6.20 Å². The highest BCUT2D eigenvalue weighted by Crippen LogP contribution is 2.28. The first-order valence-electron chi connectivity index (χ1n) is 3.38. The fourth-order valence-corrected chi connectivity index (χ4v) is 3.07. The molecule has 1 saturated heterocycles. The molecular weight excluding hydrogens is 150 g/mol. The molecule has 0 saturated carbocycles. The number of fused-ring (bicyclic) bond motifs is 1. The molecule has 0 aromatic rings. The van der Waals surface area contributed by atoms with Crippen molar-refractivity contribution in [3.05, 3.63) is 12.3 Å². The molecule has 3 nitrogen and oxygen atoms in total. The van der Waals surface area contributed by atoms with Crippen molar-refractivity contribution in [3.8, 4) is 0 Å². The van der Waals surface area contributed by atoms with Gasteiger partial charge in [0.15, 0.2) is 0 Å². The largest absolute Gasteiger partial charge is 0.273 e. The molecular formula is C6H9NO2S. The molecule has 1 fully saturated rings. The molecule has 56 valence electrons. The molecule has 1 unspecified atom stereocenters. The first-order valence-corrected chi connectivity index (χ1v) is 4.99. The van der Waals surface area contributed by atoms with Gasteiger partial charge in [0, 0.05) is 6.20 Å². The minimum Gasteiger partial charge on any atom is -0.273 e. The van der Waals surface area contributed by atoms with Crippen LogP contribution in [0, 0.1) is 0 Å². The first kappa shape index (κ1) is 6.22. The Morgan fingerprint density at radius 1 is 1.50 bits per heavy atom. The smallest absolute Gasteiger partial charge is 0.236 e. The Morgan fingerprint density at radius 2 is 2.30 bits per heavy atom. The van der Waals surface area contributed by atoms with E-state index in [2.05, 4.69) is 0 Å². The number of sulfonamides is 1. The number of allylic oxidation sites excluding steroid dienone is 1. The SMILES string of the molecule is O=S1(=O)CC2CCC=CN21. The van der Waals surface area contributed by atoms with Gasteiger partial charge in [-0.1, -0.05) is 6.08 Å². The molecule has 0 radical (unpaired) electrons. The number of hydrogen-bond donors (Lipinski definition) is 0. The first-order chi connectivity index (χ1) is 4.70. The summed E-state index contributed by atoms with van der Waals surface area (Å²) in [5.74, 6) is 0.358. The van der Waals surface area contributed by atoms with Gasteiger partial charge in [-0.05, 0) is 12.8 Å². The van der Waals surface area contributed by atoms with Crippen LogP contribution in [0.3, 0.4) is 0 Å². The lowest BCUT2D eigenvalue weighted by atomic mass is 10.1. The molecule has 0 N–H and O–H groups in total. The molecule has 0 bridgehead atoms. The summed E-state index contributed by atoms with van der Waals surface area (Å²) in [6.07, 6.45) is 5.62. The number of nitrogens with zero attached hydrogens (tertiary/aromatic N) is 1. The van der Waals surface area contributed by atoms with Crippen molar-refractivity contribution in [2.24, 2.45) is 0 Å². The maximum Gasteiger partial charge on any atom is 0.236 e. The van der Waals surface area contributed by atoms with Crippen molar-refractivity contribution in [2.45, 2.75) is 18.9 Å². The van der Waals surface area contributed by atoms with E-state index in [4.69, 9.17) is 0 Å². The van der Waals surface area contributed by atoms with Gasteiger partial charge in [-0.2, -0.15) is 0 Å². The Labute approximate surface area is 60.4 Å². The highest BCUT2D eigenvalue weighted by Gasteiger charge is 2.41. The lowest BCUT2D eigenvalue weighted by molar-refractivity contribution is 0.335. The quantitative estimate of drug-likeness (QED) is 0.510. The summed E-state index contributed by atoms with van der Waals surface area (Å²) in [5, 5.41) is 0. The highest BCUT2D eigenvalue weighted by molar-refractivity contribution is 7.90. The maximum atomic E-state index is 10.9. The molecule has 0 spiro atoms. The van der Waals surface area contributed by atoms with Crippen molar-refractivity contribution in [2.75, 3.05) is 5.75 Å². The standard InChI is InChI=1S/C6H9NO2S/c8-10(9)5-6-3-1-2-4-7(6)10/h2,4,6H,1,3,5H2. The second kappa shape index (κ2) is 1.75. The van der Waals surface area contributed by atoms with Gasteiger partial charge in [0.05, 0.1) is 11.8 Å². The zero-order chi connectivity index (χ0) is 7.19. The molecule has 4 heteroatoms. The molecule has 2 heterocycles. The third kappa shape index (κ3) is 0.683. The predicted octanol–water partition coefficient (Wildman–Crippen LogP) is 0.308. The zero-order valence-corrected chi connectivity index (χ0v) is 6.34. The maximum absolute atomic E-state index is 10.9. The van der Waals surface area contributed by atoms with Gasteiger partial charge in [0.25, 0.3) is 0 Å². The van der Waals surface area contributed by atoms with Gasteiger partial charge in [-0.15, -0.1) is 0 Å². The minimum absolute atomic E-state index is 0.287. The Morgan fingerprint density at radius 3 is 2.80 bits per heavy atom. The summed E-state index contributed by atoms with van der Waals surface area (Å²) in [4.78, 5) is 0. The second-order valence-electron chi connectivity index (χ2n) is 2.72. The van der Waals surface area contributed by atoms with E-state index in [1.165, 1.54) is 4.31 Å². The van der Waals surface area contributed by atoms with E-state index < -0.39 is 10.0 Å². The van der Waals surface area contributed by atoms with E-state index in [1.807, 2.05) is 6.08 Å². The normalized spacial score (nSPS) is 34.8. The van der Waals surface area contributed by atoms with Gasteiger partial charge < -0.3 is 0 Å². The Hall–Kier alpha value is -0.510. The van der Waals surface area contributed by atoms with Crippen LogP contribution >= 0.6 is 0 Å². The van der Waals surface area contributed by atoms with Gasteiger partial charge in [0.1, 0.15) is 0 Å². The summed E-state index contributed by atoms with van der Waals surface area (Å²) >= 11 is 0. The molecule has 10 heavy (non-hydrogen) atoms. The Kier molecular flexibility index (Phi) is 1.09. The molecule has 0 amide bonds. The van der Waals surface area contributed by atoms with Crippen LogP contribution in [-0.2, 0) is 10.0 Å². The average Bonchev–Trinajstić information content (AvgIpc) is 1.86. The highest BCUT2D eigenvalue weighted by atomic mass is 32.2. The molecule has 2 aliphatic heterocycles. The van der Waals surface area contributed by atoms with Crippen molar-refractivity contribution in [1.82, 2.24) is 4.31 Å². The van der Waals surface area contributed by atoms with E-state index in [-0.39, 0.29) is 6.04 Å². The molecule has 2 aliphatic rings. The van der Waals surface area contributed by atoms with Gasteiger partial charge in [-0.25, -0.2) is 8.42 Å². The fraction of sp³-hybridized carbons (Fsp3) is 0.667. The van der Waals surface area contributed by atoms with Gasteiger partial charge in [0.2, 0.25) is 10.0 Å². The Bertz CT molecular complexity index is 267. The van der Waals surface area contributed by atoms with Crippen molar-refractivity contribution in [3.63, 3.8) is 0 Å². The second-order valence-corrected chi connectivity index (χ2v) is 4.64. The molecule has 2 rings (SSSR count). The van der Waals surface area contributed by atoms with Crippen LogP contribution in [0.1, 0.15) is 12.8 Å². The zero-order valence-electron chi connectivity index (χ0n) is 5.53. The van der Waals surface area contributed by atoms with E-state index in [9.17, 15) is 8.42 Å². The molecule has 0 aliphatic carbocycles. The minimum atomic E-state index is -2.84. The van der Waals surface area contributed by atoms with Gasteiger partial charge >= 0.3 is 0 Å². The number of hydrogen-bond acceptors (Lipinski definition) is 2. The molecule has 0 aromatic heterocycles.